The van der Waals surface area contributed by atoms with E-state index in [2.05, 4.69) is 14.8 Å². The maximum atomic E-state index is 11.3. The molecule has 0 aromatic carbocycles. The molecule has 6 nitrogen and oxygen atoms in total. The van der Waals surface area contributed by atoms with Gasteiger partial charge < -0.3 is 10.5 Å². The molecule has 0 saturated carbocycles. The minimum atomic E-state index is -0.543. The van der Waals surface area contributed by atoms with Crippen molar-refractivity contribution in [3.05, 3.63) is 30.2 Å². The Morgan fingerprint density at radius 1 is 1.56 bits per heavy atom. The van der Waals surface area contributed by atoms with Crippen LogP contribution in [0.25, 0.3) is 11.3 Å². The predicted octanol–water partition coefficient (Wildman–Crippen LogP) is 1.33. The number of aromatic nitrogens is 3. The average molecular weight is 246 g/mol. The van der Waals surface area contributed by atoms with E-state index in [-0.39, 0.29) is 11.4 Å². The van der Waals surface area contributed by atoms with Gasteiger partial charge >= 0.3 is 5.97 Å². The summed E-state index contributed by atoms with van der Waals surface area (Å²) >= 11 is 0. The third-order valence-electron chi connectivity index (χ3n) is 2.56. The van der Waals surface area contributed by atoms with Crippen LogP contribution in [0.4, 0.5) is 5.69 Å². The summed E-state index contributed by atoms with van der Waals surface area (Å²) < 4.78 is 6.39. The zero-order valence-electron chi connectivity index (χ0n) is 10.3. The highest BCUT2D eigenvalue weighted by atomic mass is 16.5. The number of hydrogen-bond donors (Lipinski definition) is 1. The number of rotatable bonds is 3. The maximum Gasteiger partial charge on any atom is 0.358 e. The summed E-state index contributed by atoms with van der Waals surface area (Å²) in [5, 5.41) is 4.34. The van der Waals surface area contributed by atoms with E-state index in [1.807, 2.05) is 19.2 Å². The van der Waals surface area contributed by atoms with Crippen molar-refractivity contribution in [2.75, 3.05) is 12.8 Å². The second kappa shape index (κ2) is 4.87. The largest absolute Gasteiger partial charge is 0.464 e. The van der Waals surface area contributed by atoms with Gasteiger partial charge in [-0.25, -0.2) is 9.78 Å². The van der Waals surface area contributed by atoms with Gasteiger partial charge in [-0.1, -0.05) is 0 Å². The molecule has 0 spiro atoms. The Kier molecular flexibility index (Phi) is 3.27. The molecule has 0 saturated heterocycles. The van der Waals surface area contributed by atoms with Gasteiger partial charge in [0.15, 0.2) is 5.69 Å². The highest BCUT2D eigenvalue weighted by Crippen LogP contribution is 2.20. The van der Waals surface area contributed by atoms with Gasteiger partial charge in [0.1, 0.15) is 0 Å². The first-order valence-corrected chi connectivity index (χ1v) is 5.53. The van der Waals surface area contributed by atoms with Gasteiger partial charge in [-0.15, -0.1) is 0 Å². The van der Waals surface area contributed by atoms with Crippen LogP contribution in [0.2, 0.25) is 0 Å². The number of pyridine rings is 1. The monoisotopic (exact) mass is 246 g/mol. The molecule has 0 aliphatic heterocycles. The van der Waals surface area contributed by atoms with Crippen molar-refractivity contribution >= 4 is 11.7 Å². The van der Waals surface area contributed by atoms with Crippen molar-refractivity contribution in [1.29, 1.82) is 0 Å². The molecule has 18 heavy (non-hydrogen) atoms. The maximum absolute atomic E-state index is 11.3. The first-order chi connectivity index (χ1) is 8.65. The predicted molar refractivity (Wildman–Crippen MR) is 66.9 cm³/mol. The van der Waals surface area contributed by atoms with E-state index < -0.39 is 5.97 Å². The van der Waals surface area contributed by atoms with E-state index in [1.54, 1.807) is 16.9 Å². The molecule has 0 aliphatic carbocycles. The number of nitrogens with zero attached hydrogens (tertiary/aromatic N) is 3. The van der Waals surface area contributed by atoms with Gasteiger partial charge in [-0.2, -0.15) is 5.10 Å². The Hall–Kier alpha value is -2.37. The second-order valence-corrected chi connectivity index (χ2v) is 3.71. The molecule has 0 bridgehead atoms. The fourth-order valence-electron chi connectivity index (χ4n) is 1.58. The molecular weight excluding hydrogens is 232 g/mol. The van der Waals surface area contributed by atoms with Crippen LogP contribution in [-0.4, -0.2) is 27.8 Å². The lowest BCUT2D eigenvalue weighted by atomic mass is 10.2. The van der Waals surface area contributed by atoms with Crippen LogP contribution in [0.1, 0.15) is 17.4 Å². The fraction of sp³-hybridized carbons (Fsp3) is 0.250. The Morgan fingerprint density at radius 2 is 2.33 bits per heavy atom. The van der Waals surface area contributed by atoms with E-state index in [1.165, 1.54) is 7.11 Å². The smallest absolute Gasteiger partial charge is 0.358 e. The van der Waals surface area contributed by atoms with E-state index in [9.17, 15) is 4.79 Å². The minimum absolute atomic E-state index is 0.121. The fourth-order valence-corrected chi connectivity index (χ4v) is 1.58. The molecule has 2 heterocycles. The molecule has 94 valence electrons. The summed E-state index contributed by atoms with van der Waals surface area (Å²) in [5.41, 5.74) is 7.72. The average Bonchev–Trinajstić information content (AvgIpc) is 2.86. The Morgan fingerprint density at radius 3 is 2.89 bits per heavy atom. The lowest BCUT2D eigenvalue weighted by Gasteiger charge is -2.04. The molecule has 0 unspecified atom stereocenters. The quantitative estimate of drug-likeness (QED) is 0.826. The molecule has 0 fully saturated rings. The van der Waals surface area contributed by atoms with E-state index in [0.717, 1.165) is 17.8 Å². The van der Waals surface area contributed by atoms with Gasteiger partial charge in [0.05, 0.1) is 18.5 Å². The molecule has 2 rings (SSSR count). The van der Waals surface area contributed by atoms with Crippen molar-refractivity contribution in [3.8, 4) is 11.3 Å². The van der Waals surface area contributed by atoms with Crippen molar-refractivity contribution in [2.24, 2.45) is 0 Å². The summed E-state index contributed by atoms with van der Waals surface area (Å²) in [4.78, 5) is 15.4. The number of ether oxygens (including phenoxy) is 1. The second-order valence-electron chi connectivity index (χ2n) is 3.71. The third-order valence-corrected chi connectivity index (χ3v) is 2.56. The Labute approximate surface area is 104 Å². The summed E-state index contributed by atoms with van der Waals surface area (Å²) in [7, 11) is 1.29. The summed E-state index contributed by atoms with van der Waals surface area (Å²) in [6, 6.07) is 3.54. The molecule has 6 heteroatoms. The third kappa shape index (κ3) is 2.17. The van der Waals surface area contributed by atoms with Crippen molar-refractivity contribution in [3.63, 3.8) is 0 Å². The molecule has 2 aromatic heterocycles. The highest BCUT2D eigenvalue weighted by molar-refractivity contribution is 5.93. The Balaban J connectivity index is 2.36. The number of carbonyl (C=O) groups is 1. The highest BCUT2D eigenvalue weighted by Gasteiger charge is 2.13. The zero-order valence-corrected chi connectivity index (χ0v) is 10.3. The van der Waals surface area contributed by atoms with Gasteiger partial charge in [0, 0.05) is 24.5 Å². The van der Waals surface area contributed by atoms with Gasteiger partial charge in [0.25, 0.3) is 0 Å². The van der Waals surface area contributed by atoms with Gasteiger partial charge in [0.2, 0.25) is 0 Å². The first-order valence-electron chi connectivity index (χ1n) is 5.53. The van der Waals surface area contributed by atoms with Gasteiger partial charge in [-0.3, -0.25) is 4.68 Å². The standard InChI is InChI=1S/C12H14N4O2/c1-3-16-5-4-10(15-16)8-6-9(13)11(14-7-8)12(17)18-2/h4-7H,3,13H2,1-2H3. The van der Waals surface area contributed by atoms with Crippen LogP contribution >= 0.6 is 0 Å². The molecule has 2 N–H and O–H groups in total. The molecule has 0 amide bonds. The minimum Gasteiger partial charge on any atom is -0.464 e. The number of esters is 1. The van der Waals surface area contributed by atoms with E-state index in [4.69, 9.17) is 5.73 Å². The van der Waals surface area contributed by atoms with Crippen LogP contribution in [0, 0.1) is 0 Å². The number of nitrogens with two attached hydrogens (primary N) is 1. The number of carbonyl (C=O) groups excluding carboxylic acids is 1. The van der Waals surface area contributed by atoms with Crippen LogP contribution < -0.4 is 5.73 Å². The van der Waals surface area contributed by atoms with Crippen molar-refractivity contribution in [2.45, 2.75) is 13.5 Å². The van der Waals surface area contributed by atoms with Crippen LogP contribution in [-0.2, 0) is 11.3 Å². The molecule has 2 aromatic rings. The summed E-state index contributed by atoms with van der Waals surface area (Å²) in [6.07, 6.45) is 3.44. The lowest BCUT2D eigenvalue weighted by molar-refractivity contribution is 0.0595. The number of nitrogen functional groups attached to an aromatic ring is 1. The van der Waals surface area contributed by atoms with Crippen LogP contribution in [0.3, 0.4) is 0 Å². The number of anilines is 1. The van der Waals surface area contributed by atoms with Crippen LogP contribution in [0.15, 0.2) is 24.5 Å². The van der Waals surface area contributed by atoms with Crippen molar-refractivity contribution in [1.82, 2.24) is 14.8 Å². The molecule has 0 aliphatic rings. The Bertz CT molecular complexity index is 577. The van der Waals surface area contributed by atoms with Crippen molar-refractivity contribution < 1.29 is 9.53 Å². The molecule has 0 atom stereocenters. The van der Waals surface area contributed by atoms with E-state index in [0.29, 0.717) is 0 Å². The first kappa shape index (κ1) is 12.1. The zero-order chi connectivity index (χ0) is 13.1. The molecule has 0 radical (unpaired) electrons. The SMILES string of the molecule is CCn1ccc(-c2cnc(C(=O)OC)c(N)c2)n1. The van der Waals surface area contributed by atoms with Gasteiger partial charge in [-0.05, 0) is 19.1 Å². The van der Waals surface area contributed by atoms with E-state index >= 15 is 0 Å². The number of hydrogen-bond acceptors (Lipinski definition) is 5. The normalized spacial score (nSPS) is 10.3. The topological polar surface area (TPSA) is 83.0 Å². The summed E-state index contributed by atoms with van der Waals surface area (Å²) in [6.45, 7) is 2.80. The van der Waals surface area contributed by atoms with Crippen LogP contribution in [0.5, 0.6) is 0 Å². The summed E-state index contributed by atoms with van der Waals surface area (Å²) in [5.74, 6) is -0.543. The number of aryl methyl sites for hydroxylation is 1. The molecular formula is C12H14N4O2. The number of methoxy groups -OCH3 is 1. The lowest BCUT2D eigenvalue weighted by Crippen LogP contribution is -2.08.